The molecule has 0 aliphatic carbocycles. The molecular weight excluding hydrogens is 320 g/mol. The molecule has 0 saturated carbocycles. The first-order chi connectivity index (χ1) is 9.78. The number of nitrogens with one attached hydrogen (secondary N) is 1. The van der Waals surface area contributed by atoms with E-state index in [1.807, 2.05) is 12.1 Å². The van der Waals surface area contributed by atoms with Gasteiger partial charge in [-0.2, -0.15) is 4.98 Å². The third-order valence-electron chi connectivity index (χ3n) is 3.80. The number of hydrogen-bond donors (Lipinski definition) is 1. The van der Waals surface area contributed by atoms with E-state index in [0.717, 1.165) is 23.4 Å². The van der Waals surface area contributed by atoms with Gasteiger partial charge in [0.05, 0.1) is 6.04 Å². The van der Waals surface area contributed by atoms with E-state index >= 15 is 0 Å². The molecule has 0 amide bonds. The Morgan fingerprint density at radius 1 is 1.50 bits per heavy atom. The minimum absolute atomic E-state index is 0.164. The summed E-state index contributed by atoms with van der Waals surface area (Å²) in [5.41, 5.74) is 0.713. The van der Waals surface area contributed by atoms with Crippen molar-refractivity contribution < 1.29 is 4.52 Å². The molecule has 0 spiro atoms. The smallest absolute Gasteiger partial charge is 0.244 e. The molecule has 5 nitrogen and oxygen atoms in total. The molecule has 1 aliphatic heterocycles. The van der Waals surface area contributed by atoms with Crippen LogP contribution in [0.25, 0.3) is 11.5 Å². The number of rotatable bonds is 3. The van der Waals surface area contributed by atoms with Crippen LogP contribution in [-0.4, -0.2) is 21.7 Å². The lowest BCUT2D eigenvalue weighted by atomic mass is 9.90. The molecule has 2 aromatic heterocycles. The first-order valence-electron chi connectivity index (χ1n) is 6.95. The lowest BCUT2D eigenvalue weighted by molar-refractivity contribution is 0.246. The molecule has 0 bridgehead atoms. The fourth-order valence-corrected chi connectivity index (χ4v) is 3.01. The molecule has 1 aliphatic rings. The van der Waals surface area contributed by atoms with E-state index in [-0.39, 0.29) is 6.04 Å². The molecule has 1 fully saturated rings. The van der Waals surface area contributed by atoms with Crippen LogP contribution in [0.3, 0.4) is 0 Å². The lowest BCUT2D eigenvalue weighted by Gasteiger charge is -2.27. The zero-order chi connectivity index (χ0) is 13.9. The van der Waals surface area contributed by atoms with Gasteiger partial charge in [-0.3, -0.25) is 4.98 Å². The maximum atomic E-state index is 5.42. The molecule has 2 atom stereocenters. The van der Waals surface area contributed by atoms with Gasteiger partial charge in [0, 0.05) is 10.7 Å². The van der Waals surface area contributed by atoms with Crippen molar-refractivity contribution in [3.05, 3.63) is 28.7 Å². The third-order valence-corrected chi connectivity index (χ3v) is 4.44. The van der Waals surface area contributed by atoms with Gasteiger partial charge in [0.2, 0.25) is 11.7 Å². The zero-order valence-corrected chi connectivity index (χ0v) is 12.9. The molecule has 2 unspecified atom stereocenters. The second kappa shape index (κ2) is 6.01. The summed E-state index contributed by atoms with van der Waals surface area (Å²) in [6.45, 7) is 3.24. The highest BCUT2D eigenvalue weighted by Gasteiger charge is 2.26. The average Bonchev–Trinajstić information content (AvgIpc) is 2.97. The van der Waals surface area contributed by atoms with Crippen LogP contribution >= 0.6 is 15.9 Å². The quantitative estimate of drug-likeness (QED) is 0.931. The Kier molecular flexibility index (Phi) is 4.12. The number of pyridine rings is 1. The number of nitrogens with zero attached hydrogens (tertiary/aromatic N) is 3. The molecule has 0 aromatic carbocycles. The van der Waals surface area contributed by atoms with Gasteiger partial charge in [-0.15, -0.1) is 0 Å². The van der Waals surface area contributed by atoms with E-state index in [1.54, 1.807) is 6.20 Å². The van der Waals surface area contributed by atoms with Gasteiger partial charge in [0.25, 0.3) is 0 Å². The average molecular weight is 337 g/mol. The van der Waals surface area contributed by atoms with Gasteiger partial charge >= 0.3 is 0 Å². The molecule has 2 aromatic rings. The minimum atomic E-state index is 0.164. The second-order valence-electron chi connectivity index (χ2n) is 5.10. The SMILES string of the molecule is CCC1CCNC(c2nc(-c3ncccc3Br)no2)C1. The first-order valence-corrected chi connectivity index (χ1v) is 7.75. The van der Waals surface area contributed by atoms with Crippen molar-refractivity contribution in [3.8, 4) is 11.5 Å². The Hall–Kier alpha value is -1.27. The van der Waals surface area contributed by atoms with Gasteiger partial charge in [-0.05, 0) is 53.4 Å². The Morgan fingerprint density at radius 2 is 2.40 bits per heavy atom. The molecular formula is C14H17BrN4O. The fourth-order valence-electron chi connectivity index (χ4n) is 2.58. The Balaban J connectivity index is 1.82. The summed E-state index contributed by atoms with van der Waals surface area (Å²) in [6, 6.07) is 3.95. The number of piperidine rings is 1. The number of halogens is 1. The molecule has 3 rings (SSSR count). The summed E-state index contributed by atoms with van der Waals surface area (Å²) < 4.78 is 6.29. The number of hydrogen-bond acceptors (Lipinski definition) is 5. The molecule has 1 N–H and O–H groups in total. The van der Waals surface area contributed by atoms with Gasteiger partial charge < -0.3 is 9.84 Å². The van der Waals surface area contributed by atoms with Crippen LogP contribution in [0.15, 0.2) is 27.3 Å². The van der Waals surface area contributed by atoms with Crippen molar-refractivity contribution in [1.29, 1.82) is 0 Å². The summed E-state index contributed by atoms with van der Waals surface area (Å²) in [7, 11) is 0. The molecule has 20 heavy (non-hydrogen) atoms. The van der Waals surface area contributed by atoms with Crippen LogP contribution in [0.5, 0.6) is 0 Å². The molecule has 1 saturated heterocycles. The fraction of sp³-hybridized carbons (Fsp3) is 0.500. The summed E-state index contributed by atoms with van der Waals surface area (Å²) in [6.07, 6.45) is 5.20. The highest BCUT2D eigenvalue weighted by atomic mass is 79.9. The van der Waals surface area contributed by atoms with E-state index < -0.39 is 0 Å². The van der Waals surface area contributed by atoms with E-state index in [0.29, 0.717) is 17.4 Å². The van der Waals surface area contributed by atoms with Crippen LogP contribution in [0.1, 0.15) is 38.1 Å². The standard InChI is InChI=1S/C14H17BrN4O/c1-2-9-5-7-16-11(8-9)14-18-13(19-20-14)12-10(15)4-3-6-17-12/h3-4,6,9,11,16H,2,5,7-8H2,1H3. The van der Waals surface area contributed by atoms with Crippen molar-refractivity contribution in [2.24, 2.45) is 5.92 Å². The van der Waals surface area contributed by atoms with Crippen LogP contribution < -0.4 is 5.32 Å². The first kappa shape index (κ1) is 13.7. The lowest BCUT2D eigenvalue weighted by Crippen LogP contribution is -2.31. The normalized spacial score (nSPS) is 22.9. The largest absolute Gasteiger partial charge is 0.337 e. The Labute approximate surface area is 126 Å². The van der Waals surface area contributed by atoms with Crippen molar-refractivity contribution in [1.82, 2.24) is 20.4 Å². The van der Waals surface area contributed by atoms with Crippen LogP contribution in [0, 0.1) is 5.92 Å². The summed E-state index contributed by atoms with van der Waals surface area (Å²) in [5, 5.41) is 7.51. The molecule has 3 heterocycles. The van der Waals surface area contributed by atoms with E-state index in [9.17, 15) is 0 Å². The van der Waals surface area contributed by atoms with Crippen molar-refractivity contribution in [2.45, 2.75) is 32.2 Å². The highest BCUT2D eigenvalue weighted by molar-refractivity contribution is 9.10. The summed E-state index contributed by atoms with van der Waals surface area (Å²) >= 11 is 3.46. The molecule has 106 valence electrons. The van der Waals surface area contributed by atoms with Crippen molar-refractivity contribution >= 4 is 15.9 Å². The summed E-state index contributed by atoms with van der Waals surface area (Å²) in [4.78, 5) is 8.79. The zero-order valence-electron chi connectivity index (χ0n) is 11.3. The van der Waals surface area contributed by atoms with Crippen LogP contribution in [-0.2, 0) is 0 Å². The monoisotopic (exact) mass is 336 g/mol. The maximum Gasteiger partial charge on any atom is 0.244 e. The number of aromatic nitrogens is 3. The topological polar surface area (TPSA) is 63.8 Å². The highest BCUT2D eigenvalue weighted by Crippen LogP contribution is 2.30. The predicted molar refractivity (Wildman–Crippen MR) is 79.0 cm³/mol. The minimum Gasteiger partial charge on any atom is -0.337 e. The van der Waals surface area contributed by atoms with E-state index in [4.69, 9.17) is 4.52 Å². The van der Waals surface area contributed by atoms with E-state index in [2.05, 4.69) is 43.3 Å². The third kappa shape index (κ3) is 2.76. The van der Waals surface area contributed by atoms with Gasteiger partial charge in [-0.25, -0.2) is 0 Å². The van der Waals surface area contributed by atoms with Gasteiger partial charge in [0.15, 0.2) is 0 Å². The van der Waals surface area contributed by atoms with Crippen LogP contribution in [0.4, 0.5) is 0 Å². The summed E-state index contributed by atoms with van der Waals surface area (Å²) in [5.74, 6) is 1.93. The van der Waals surface area contributed by atoms with Gasteiger partial charge in [-0.1, -0.05) is 18.5 Å². The molecule has 6 heteroatoms. The Bertz CT molecular complexity index is 586. The second-order valence-corrected chi connectivity index (χ2v) is 5.95. The van der Waals surface area contributed by atoms with Crippen molar-refractivity contribution in [2.75, 3.05) is 6.54 Å². The van der Waals surface area contributed by atoms with Gasteiger partial charge in [0.1, 0.15) is 5.69 Å². The Morgan fingerprint density at radius 3 is 3.20 bits per heavy atom. The van der Waals surface area contributed by atoms with E-state index in [1.165, 1.54) is 12.8 Å². The maximum absolute atomic E-state index is 5.42. The predicted octanol–water partition coefficient (Wildman–Crippen LogP) is 3.34. The van der Waals surface area contributed by atoms with Crippen molar-refractivity contribution in [3.63, 3.8) is 0 Å². The molecule has 0 radical (unpaired) electrons. The van der Waals surface area contributed by atoms with Crippen LogP contribution in [0.2, 0.25) is 0 Å².